The first-order valence-corrected chi connectivity index (χ1v) is 6.64. The van der Waals surface area contributed by atoms with Crippen molar-refractivity contribution in [3.63, 3.8) is 0 Å². The number of ether oxygens (including phenoxy) is 1. The van der Waals surface area contributed by atoms with E-state index in [0.29, 0.717) is 0 Å². The van der Waals surface area contributed by atoms with Crippen molar-refractivity contribution in [3.8, 4) is 5.75 Å². The lowest BCUT2D eigenvalue weighted by molar-refractivity contribution is 0.176. The molecule has 0 fully saturated rings. The van der Waals surface area contributed by atoms with Crippen LogP contribution in [0.5, 0.6) is 5.75 Å². The Morgan fingerprint density at radius 2 is 1.94 bits per heavy atom. The highest BCUT2D eigenvalue weighted by molar-refractivity contribution is 5.50. The molecule has 0 saturated heterocycles. The summed E-state index contributed by atoms with van der Waals surface area (Å²) >= 11 is 0. The van der Waals surface area contributed by atoms with Gasteiger partial charge in [0.1, 0.15) is 11.9 Å². The van der Waals surface area contributed by atoms with E-state index in [1.54, 1.807) is 0 Å². The Balaban J connectivity index is 2.70. The minimum Gasteiger partial charge on any atom is -0.489 e. The van der Waals surface area contributed by atoms with E-state index in [1.807, 2.05) is 6.07 Å². The maximum atomic E-state index is 5.88. The van der Waals surface area contributed by atoms with Crippen molar-refractivity contribution < 1.29 is 4.74 Å². The van der Waals surface area contributed by atoms with Gasteiger partial charge in [0.15, 0.2) is 0 Å². The van der Waals surface area contributed by atoms with Crippen LogP contribution in [0.2, 0.25) is 0 Å². The van der Waals surface area contributed by atoms with Gasteiger partial charge in [0, 0.05) is 37.5 Å². The van der Waals surface area contributed by atoms with Crippen molar-refractivity contribution in [2.24, 2.45) is 0 Å². The van der Waals surface area contributed by atoms with Gasteiger partial charge >= 0.3 is 0 Å². The third kappa shape index (κ3) is 4.57. The lowest BCUT2D eigenvalue weighted by atomic mass is 10.2. The molecule has 1 aromatic carbocycles. The molecule has 0 aliphatic rings. The fourth-order valence-corrected chi connectivity index (χ4v) is 2.06. The first-order valence-electron chi connectivity index (χ1n) is 6.64. The van der Waals surface area contributed by atoms with Gasteiger partial charge in [0.2, 0.25) is 0 Å². The molecule has 0 bridgehead atoms. The normalized spacial score (nSPS) is 12.6. The molecule has 0 aliphatic heterocycles. The highest BCUT2D eigenvalue weighted by Crippen LogP contribution is 2.21. The average Bonchev–Trinajstić information content (AvgIpc) is 2.29. The molecule has 0 N–H and O–H groups in total. The molecule has 0 spiro atoms. The van der Waals surface area contributed by atoms with Crippen LogP contribution in [0.15, 0.2) is 18.2 Å². The molecule has 18 heavy (non-hydrogen) atoms. The molecule has 0 saturated carbocycles. The molecule has 1 atom stereocenters. The summed E-state index contributed by atoms with van der Waals surface area (Å²) < 4.78 is 5.88. The van der Waals surface area contributed by atoms with E-state index in [4.69, 9.17) is 4.74 Å². The van der Waals surface area contributed by atoms with E-state index in [1.165, 1.54) is 5.69 Å². The van der Waals surface area contributed by atoms with Crippen LogP contribution in [-0.4, -0.2) is 44.7 Å². The number of anilines is 1. The standard InChI is InChI=1S/C15H25N2O/c1-6-17(7-2)14-9-8-10-15(11-14)18-13(3)12-16(4)5/h8-9,11,13H,6-7,12H2,1-5H3. The summed E-state index contributed by atoms with van der Waals surface area (Å²) in [6.45, 7) is 9.33. The number of hydrogen-bond acceptors (Lipinski definition) is 3. The van der Waals surface area contributed by atoms with E-state index in [0.717, 1.165) is 25.4 Å². The molecule has 1 unspecified atom stereocenters. The second-order valence-corrected chi connectivity index (χ2v) is 4.77. The van der Waals surface area contributed by atoms with E-state index in [2.05, 4.69) is 62.9 Å². The van der Waals surface area contributed by atoms with Gasteiger partial charge in [-0.05, 0) is 47.0 Å². The molecule has 0 aromatic heterocycles. The van der Waals surface area contributed by atoms with Gasteiger partial charge in [-0.2, -0.15) is 0 Å². The maximum Gasteiger partial charge on any atom is 0.129 e. The molecule has 0 heterocycles. The van der Waals surface area contributed by atoms with Crippen molar-refractivity contribution >= 4 is 5.69 Å². The van der Waals surface area contributed by atoms with E-state index in [9.17, 15) is 0 Å². The Kier molecular flexibility index (Phi) is 5.99. The summed E-state index contributed by atoms with van der Waals surface area (Å²) in [4.78, 5) is 4.43. The highest BCUT2D eigenvalue weighted by atomic mass is 16.5. The number of nitrogens with zero attached hydrogens (tertiary/aromatic N) is 2. The summed E-state index contributed by atoms with van der Waals surface area (Å²) in [6, 6.07) is 9.23. The van der Waals surface area contributed by atoms with Crippen molar-refractivity contribution in [2.75, 3.05) is 38.6 Å². The first-order chi connectivity index (χ1) is 8.56. The molecule has 1 aromatic rings. The van der Waals surface area contributed by atoms with Crippen LogP contribution >= 0.6 is 0 Å². The van der Waals surface area contributed by atoms with Crippen molar-refractivity contribution in [1.82, 2.24) is 4.90 Å². The maximum absolute atomic E-state index is 5.88. The van der Waals surface area contributed by atoms with E-state index in [-0.39, 0.29) is 6.10 Å². The van der Waals surface area contributed by atoms with Crippen molar-refractivity contribution in [1.29, 1.82) is 0 Å². The predicted octanol–water partition coefficient (Wildman–Crippen LogP) is 2.66. The van der Waals surface area contributed by atoms with E-state index < -0.39 is 0 Å². The SMILES string of the molecule is CCN(CC)c1cc[c]c(OC(C)CN(C)C)c1. The molecule has 3 nitrogen and oxygen atoms in total. The van der Waals surface area contributed by atoms with Crippen LogP contribution < -0.4 is 9.64 Å². The van der Waals surface area contributed by atoms with Gasteiger partial charge in [-0.25, -0.2) is 0 Å². The molecular weight excluding hydrogens is 224 g/mol. The summed E-state index contributed by atoms with van der Waals surface area (Å²) in [5.41, 5.74) is 1.20. The summed E-state index contributed by atoms with van der Waals surface area (Å²) in [5, 5.41) is 0. The zero-order valence-corrected chi connectivity index (χ0v) is 12.2. The Labute approximate surface area is 111 Å². The average molecular weight is 249 g/mol. The topological polar surface area (TPSA) is 15.7 Å². The minimum absolute atomic E-state index is 0.170. The lowest BCUT2D eigenvalue weighted by Gasteiger charge is -2.23. The number of hydrogen-bond donors (Lipinski definition) is 0. The van der Waals surface area contributed by atoms with Gasteiger partial charge in [0.25, 0.3) is 0 Å². The van der Waals surface area contributed by atoms with Crippen molar-refractivity contribution in [3.05, 3.63) is 24.3 Å². The van der Waals surface area contributed by atoms with Gasteiger partial charge < -0.3 is 14.5 Å². The molecule has 101 valence electrons. The van der Waals surface area contributed by atoms with Gasteiger partial charge in [0.05, 0.1) is 0 Å². The molecule has 1 radical (unpaired) electrons. The fraction of sp³-hybridized carbons (Fsp3) is 0.600. The molecule has 3 heteroatoms. The summed E-state index contributed by atoms with van der Waals surface area (Å²) in [7, 11) is 4.10. The van der Waals surface area contributed by atoms with Crippen molar-refractivity contribution in [2.45, 2.75) is 26.9 Å². The van der Waals surface area contributed by atoms with Crippen LogP contribution in [0.4, 0.5) is 5.69 Å². The van der Waals surface area contributed by atoms with Crippen LogP contribution in [0, 0.1) is 6.07 Å². The number of benzene rings is 1. The summed E-state index contributed by atoms with van der Waals surface area (Å²) in [6.07, 6.45) is 0.170. The van der Waals surface area contributed by atoms with Crippen LogP contribution in [0.25, 0.3) is 0 Å². The first kappa shape index (κ1) is 14.8. The summed E-state index contributed by atoms with van der Waals surface area (Å²) in [5.74, 6) is 0.828. The van der Waals surface area contributed by atoms with Crippen LogP contribution in [0.1, 0.15) is 20.8 Å². The van der Waals surface area contributed by atoms with E-state index >= 15 is 0 Å². The monoisotopic (exact) mass is 249 g/mol. The molecule has 0 aliphatic carbocycles. The zero-order valence-electron chi connectivity index (χ0n) is 12.2. The van der Waals surface area contributed by atoms with Crippen LogP contribution in [0.3, 0.4) is 0 Å². The quantitative estimate of drug-likeness (QED) is 0.739. The number of rotatable bonds is 7. The highest BCUT2D eigenvalue weighted by Gasteiger charge is 2.07. The van der Waals surface area contributed by atoms with Gasteiger partial charge in [-0.3, -0.25) is 0 Å². The third-order valence-corrected chi connectivity index (χ3v) is 2.84. The van der Waals surface area contributed by atoms with Gasteiger partial charge in [-0.15, -0.1) is 0 Å². The lowest BCUT2D eigenvalue weighted by Crippen LogP contribution is -2.28. The second kappa shape index (κ2) is 7.27. The molecule has 1 rings (SSSR count). The largest absolute Gasteiger partial charge is 0.489 e. The second-order valence-electron chi connectivity index (χ2n) is 4.77. The zero-order chi connectivity index (χ0) is 13.5. The van der Waals surface area contributed by atoms with Crippen LogP contribution in [-0.2, 0) is 0 Å². The third-order valence-electron chi connectivity index (χ3n) is 2.84. The molecule has 0 amide bonds. The minimum atomic E-state index is 0.170. The Morgan fingerprint density at radius 1 is 1.28 bits per heavy atom. The fourth-order valence-electron chi connectivity index (χ4n) is 2.06. The number of likely N-dealkylation sites (N-methyl/N-ethyl adjacent to an activating group) is 1. The predicted molar refractivity (Wildman–Crippen MR) is 77.5 cm³/mol. The molecular formula is C15H25N2O. The Bertz CT molecular complexity index is 348. The smallest absolute Gasteiger partial charge is 0.129 e. The Morgan fingerprint density at radius 3 is 2.50 bits per heavy atom. The van der Waals surface area contributed by atoms with Gasteiger partial charge in [-0.1, -0.05) is 0 Å². The Hall–Kier alpha value is -1.22.